The van der Waals surface area contributed by atoms with Gasteiger partial charge in [0.15, 0.2) is 11.8 Å². The van der Waals surface area contributed by atoms with E-state index >= 15 is 0 Å². The van der Waals surface area contributed by atoms with E-state index in [-0.39, 0.29) is 29.4 Å². The number of rotatable bonds is 5. The molecular weight excluding hydrogens is 491 g/mol. The minimum Gasteiger partial charge on any atom is -0.496 e. The van der Waals surface area contributed by atoms with E-state index in [1.165, 1.54) is 5.56 Å². The number of ether oxygens (including phenoxy) is 1. The summed E-state index contributed by atoms with van der Waals surface area (Å²) in [6, 6.07) is 8.93. The highest BCUT2D eigenvalue weighted by atomic mass is 127. The maximum atomic E-state index is 5.58. The molecule has 30 heavy (non-hydrogen) atoms. The van der Waals surface area contributed by atoms with E-state index in [9.17, 15) is 0 Å². The molecule has 1 aliphatic heterocycles. The van der Waals surface area contributed by atoms with Gasteiger partial charge in [-0.15, -0.1) is 24.0 Å². The summed E-state index contributed by atoms with van der Waals surface area (Å²) in [5.74, 6) is 4.20. The van der Waals surface area contributed by atoms with E-state index in [4.69, 9.17) is 4.74 Å². The molecule has 4 rings (SSSR count). The highest BCUT2D eigenvalue weighted by Gasteiger charge is 2.53. The first kappa shape index (κ1) is 22.8. The molecule has 2 aliphatic rings. The molecule has 1 aromatic carbocycles. The number of fused-ring (bicyclic) bond motifs is 1. The third-order valence-corrected chi connectivity index (χ3v) is 6.23. The molecule has 1 aromatic heterocycles. The molecule has 0 bridgehead atoms. The number of methoxy groups -OCH3 is 1. The number of aromatic nitrogens is 3. The van der Waals surface area contributed by atoms with E-state index in [0.29, 0.717) is 18.0 Å². The first-order valence-electron chi connectivity index (χ1n) is 10.5. The molecule has 1 saturated carbocycles. The molecule has 164 valence electrons. The molecule has 0 saturated heterocycles. The Morgan fingerprint density at radius 1 is 1.30 bits per heavy atom. The Hall–Kier alpha value is -1.84. The quantitative estimate of drug-likeness (QED) is 0.357. The van der Waals surface area contributed by atoms with Crippen LogP contribution in [0.5, 0.6) is 5.75 Å². The van der Waals surface area contributed by atoms with Gasteiger partial charge >= 0.3 is 0 Å². The van der Waals surface area contributed by atoms with E-state index in [2.05, 4.69) is 63.3 Å². The van der Waals surface area contributed by atoms with Crippen molar-refractivity contribution in [2.24, 2.45) is 4.99 Å². The van der Waals surface area contributed by atoms with Crippen LogP contribution in [0.3, 0.4) is 0 Å². The lowest BCUT2D eigenvalue weighted by molar-refractivity contribution is 0.390. The van der Waals surface area contributed by atoms with Crippen LogP contribution in [-0.4, -0.2) is 47.0 Å². The molecule has 2 aromatic rings. The first-order valence-corrected chi connectivity index (χ1v) is 10.5. The van der Waals surface area contributed by atoms with Crippen molar-refractivity contribution >= 4 is 29.9 Å². The molecular formula is C22H33IN6O. The van der Waals surface area contributed by atoms with Crippen LogP contribution >= 0.6 is 24.0 Å². The Morgan fingerprint density at radius 3 is 2.77 bits per heavy atom. The molecule has 0 radical (unpaired) electrons. The predicted octanol–water partition coefficient (Wildman–Crippen LogP) is 3.24. The summed E-state index contributed by atoms with van der Waals surface area (Å²) in [7, 11) is 3.57. The number of guanidine groups is 1. The Balaban J connectivity index is 0.00000256. The number of aryl methyl sites for hydroxylation is 1. The SMILES string of the molecule is CN=C(NC1CCc2nc(C(C)C)nn2C1)NC1CC1(C)c1ccccc1OC.I. The van der Waals surface area contributed by atoms with Gasteiger partial charge in [-0.05, 0) is 18.9 Å². The van der Waals surface area contributed by atoms with Crippen LogP contribution in [0.1, 0.15) is 56.7 Å². The van der Waals surface area contributed by atoms with Crippen molar-refractivity contribution < 1.29 is 4.74 Å². The van der Waals surface area contributed by atoms with Gasteiger partial charge in [0.2, 0.25) is 0 Å². The highest BCUT2D eigenvalue weighted by Crippen LogP contribution is 2.50. The summed E-state index contributed by atoms with van der Waals surface area (Å²) in [4.78, 5) is 9.15. The average molecular weight is 524 g/mol. The Labute approximate surface area is 196 Å². The number of nitrogens with one attached hydrogen (secondary N) is 2. The van der Waals surface area contributed by atoms with Gasteiger partial charge < -0.3 is 15.4 Å². The number of hydrogen-bond acceptors (Lipinski definition) is 4. The summed E-state index contributed by atoms with van der Waals surface area (Å²) < 4.78 is 7.63. The minimum atomic E-state index is 0. The second-order valence-electron chi connectivity index (χ2n) is 8.69. The number of para-hydroxylation sites is 1. The summed E-state index contributed by atoms with van der Waals surface area (Å²) in [5.41, 5.74) is 1.31. The minimum absolute atomic E-state index is 0. The van der Waals surface area contributed by atoms with Gasteiger partial charge in [0, 0.05) is 42.4 Å². The summed E-state index contributed by atoms with van der Waals surface area (Å²) in [6.45, 7) is 7.38. The number of benzene rings is 1. The highest BCUT2D eigenvalue weighted by molar-refractivity contribution is 14.0. The van der Waals surface area contributed by atoms with Gasteiger partial charge in [0.05, 0.1) is 13.7 Å². The number of halogens is 1. The lowest BCUT2D eigenvalue weighted by Crippen LogP contribution is -2.48. The molecule has 8 heteroatoms. The summed E-state index contributed by atoms with van der Waals surface area (Å²) in [5, 5.41) is 11.9. The van der Waals surface area contributed by atoms with E-state index in [0.717, 1.165) is 49.2 Å². The van der Waals surface area contributed by atoms with Crippen molar-refractivity contribution in [3.63, 3.8) is 0 Å². The molecule has 3 atom stereocenters. The number of aliphatic imine (C=N–C) groups is 1. The van der Waals surface area contributed by atoms with Gasteiger partial charge in [-0.1, -0.05) is 39.0 Å². The summed E-state index contributed by atoms with van der Waals surface area (Å²) >= 11 is 0. The van der Waals surface area contributed by atoms with Crippen molar-refractivity contribution in [1.29, 1.82) is 0 Å². The second-order valence-corrected chi connectivity index (χ2v) is 8.69. The fourth-order valence-corrected chi connectivity index (χ4v) is 4.21. The third kappa shape index (κ3) is 4.43. The normalized spacial score (nSPS) is 25.3. The van der Waals surface area contributed by atoms with Gasteiger partial charge in [0.25, 0.3) is 0 Å². The topological polar surface area (TPSA) is 76.4 Å². The zero-order valence-electron chi connectivity index (χ0n) is 18.5. The lowest BCUT2D eigenvalue weighted by atomic mass is 9.96. The van der Waals surface area contributed by atoms with Crippen molar-refractivity contribution in [3.8, 4) is 5.75 Å². The smallest absolute Gasteiger partial charge is 0.191 e. The standard InChI is InChI=1S/C22H32N6O.HI/c1-14(2)20-26-19-11-10-15(13-28(19)27-20)24-21(23-4)25-18-12-22(18,3)16-8-6-7-9-17(16)29-5;/h6-9,14-15,18H,10-13H2,1-5H3,(H2,23,24,25);1H. The number of hydrogen-bond donors (Lipinski definition) is 2. The van der Waals surface area contributed by atoms with E-state index in [1.54, 1.807) is 7.11 Å². The molecule has 2 heterocycles. The van der Waals surface area contributed by atoms with Crippen LogP contribution in [0.4, 0.5) is 0 Å². The van der Waals surface area contributed by atoms with Crippen LogP contribution in [0, 0.1) is 0 Å². The molecule has 1 fully saturated rings. The molecule has 7 nitrogen and oxygen atoms in total. The van der Waals surface area contributed by atoms with Gasteiger partial charge in [-0.2, -0.15) is 5.10 Å². The molecule has 3 unspecified atom stereocenters. The molecule has 2 N–H and O–H groups in total. The second kappa shape index (κ2) is 9.11. The van der Waals surface area contributed by atoms with Gasteiger partial charge in [-0.3, -0.25) is 4.99 Å². The Morgan fingerprint density at radius 2 is 2.07 bits per heavy atom. The van der Waals surface area contributed by atoms with Gasteiger partial charge in [-0.25, -0.2) is 9.67 Å². The van der Waals surface area contributed by atoms with Crippen LogP contribution in [-0.2, 0) is 18.4 Å². The van der Waals surface area contributed by atoms with Gasteiger partial charge in [0.1, 0.15) is 11.6 Å². The molecule has 0 amide bonds. The average Bonchev–Trinajstić information content (AvgIpc) is 3.18. The van der Waals surface area contributed by atoms with Crippen LogP contribution in [0.15, 0.2) is 29.3 Å². The molecule has 1 aliphatic carbocycles. The summed E-state index contributed by atoms with van der Waals surface area (Å²) in [6.07, 6.45) is 3.03. The molecule has 0 spiro atoms. The maximum absolute atomic E-state index is 5.58. The van der Waals surface area contributed by atoms with Crippen molar-refractivity contribution in [2.75, 3.05) is 14.2 Å². The van der Waals surface area contributed by atoms with E-state index < -0.39 is 0 Å². The zero-order valence-corrected chi connectivity index (χ0v) is 20.8. The Kier molecular flexibility index (Phi) is 6.94. The Bertz CT molecular complexity index is 911. The van der Waals surface area contributed by atoms with Crippen LogP contribution in [0.2, 0.25) is 0 Å². The van der Waals surface area contributed by atoms with Crippen molar-refractivity contribution in [3.05, 3.63) is 41.5 Å². The fraction of sp³-hybridized carbons (Fsp3) is 0.591. The maximum Gasteiger partial charge on any atom is 0.191 e. The largest absolute Gasteiger partial charge is 0.496 e. The van der Waals surface area contributed by atoms with Crippen LogP contribution < -0.4 is 15.4 Å². The zero-order chi connectivity index (χ0) is 20.6. The first-order chi connectivity index (χ1) is 13.9. The lowest BCUT2D eigenvalue weighted by Gasteiger charge is -2.26. The number of nitrogens with zero attached hydrogens (tertiary/aromatic N) is 4. The predicted molar refractivity (Wildman–Crippen MR) is 130 cm³/mol. The van der Waals surface area contributed by atoms with E-state index in [1.807, 2.05) is 19.2 Å². The third-order valence-electron chi connectivity index (χ3n) is 6.23. The van der Waals surface area contributed by atoms with Crippen molar-refractivity contribution in [2.45, 2.75) is 70.0 Å². The van der Waals surface area contributed by atoms with Crippen molar-refractivity contribution in [1.82, 2.24) is 25.4 Å². The van der Waals surface area contributed by atoms with Crippen LogP contribution in [0.25, 0.3) is 0 Å². The fourth-order valence-electron chi connectivity index (χ4n) is 4.21. The monoisotopic (exact) mass is 524 g/mol.